The van der Waals surface area contributed by atoms with Crippen LogP contribution in [0.15, 0.2) is 42.5 Å². The molecular formula is C29H36FN3O4S. The molecule has 0 aliphatic carbocycles. The van der Waals surface area contributed by atoms with Gasteiger partial charge in [0.25, 0.3) is 0 Å². The third-order valence-corrected chi connectivity index (χ3v) is 7.54. The molecule has 1 amide bonds. The molecule has 204 valence electrons. The van der Waals surface area contributed by atoms with Crippen molar-refractivity contribution < 1.29 is 23.8 Å². The van der Waals surface area contributed by atoms with Crippen molar-refractivity contribution >= 4 is 24.5 Å². The van der Waals surface area contributed by atoms with Gasteiger partial charge in [0.2, 0.25) is 11.8 Å². The maximum absolute atomic E-state index is 15.4. The number of thiol groups is 1. The molecule has 9 heteroatoms. The maximum Gasteiger partial charge on any atom is 0.336 e. The van der Waals surface area contributed by atoms with Crippen LogP contribution in [0.5, 0.6) is 5.88 Å². The highest BCUT2D eigenvalue weighted by Gasteiger charge is 2.23. The first-order valence-corrected chi connectivity index (χ1v) is 13.4. The second-order valence-electron chi connectivity index (χ2n) is 9.38. The van der Waals surface area contributed by atoms with Gasteiger partial charge in [-0.25, -0.2) is 9.18 Å². The number of amides is 1. The molecule has 0 bridgehead atoms. The molecule has 0 unspecified atom stereocenters. The minimum Gasteiger partial charge on any atom is -0.480 e. The molecule has 1 heterocycles. The highest BCUT2D eigenvalue weighted by Crippen LogP contribution is 2.28. The lowest BCUT2D eigenvalue weighted by molar-refractivity contribution is -0.121. The number of imidazole rings is 1. The monoisotopic (exact) mass is 541 g/mol. The van der Waals surface area contributed by atoms with Crippen LogP contribution in [-0.2, 0) is 24.3 Å². The SMILES string of the molecule is CCCCc1nc(OC)c(CNC(=O)[C@@H](S)[C@@H](C)CC)n1Cc1ccc(-c2ccccc2C(=O)O)cc1F. The Morgan fingerprint density at radius 3 is 2.58 bits per heavy atom. The smallest absolute Gasteiger partial charge is 0.336 e. The average Bonchev–Trinajstić information content (AvgIpc) is 3.26. The van der Waals surface area contributed by atoms with E-state index in [1.165, 1.54) is 19.2 Å². The largest absolute Gasteiger partial charge is 0.480 e. The second-order valence-corrected chi connectivity index (χ2v) is 9.94. The van der Waals surface area contributed by atoms with Gasteiger partial charge in [-0.1, -0.05) is 63.9 Å². The number of carbonyl (C=O) groups is 2. The van der Waals surface area contributed by atoms with E-state index in [0.29, 0.717) is 34.7 Å². The van der Waals surface area contributed by atoms with E-state index >= 15 is 4.39 Å². The zero-order valence-electron chi connectivity index (χ0n) is 22.3. The van der Waals surface area contributed by atoms with Crippen molar-refractivity contribution in [3.63, 3.8) is 0 Å². The number of benzene rings is 2. The molecule has 2 atom stereocenters. The Hall–Kier alpha value is -3.33. The van der Waals surface area contributed by atoms with Gasteiger partial charge < -0.3 is 19.7 Å². The number of aryl methyl sites for hydroxylation is 1. The molecule has 3 aromatic rings. The minimum absolute atomic E-state index is 0.110. The highest BCUT2D eigenvalue weighted by molar-refractivity contribution is 7.81. The number of rotatable bonds is 13. The summed E-state index contributed by atoms with van der Waals surface area (Å²) in [6, 6.07) is 11.3. The van der Waals surface area contributed by atoms with Crippen LogP contribution < -0.4 is 10.1 Å². The van der Waals surface area contributed by atoms with E-state index in [-0.39, 0.29) is 30.5 Å². The van der Waals surface area contributed by atoms with Crippen LogP contribution in [0, 0.1) is 11.7 Å². The van der Waals surface area contributed by atoms with Crippen molar-refractivity contribution in [2.24, 2.45) is 5.92 Å². The summed E-state index contributed by atoms with van der Waals surface area (Å²) in [6.07, 6.45) is 3.36. The molecule has 0 saturated carbocycles. The quantitative estimate of drug-likeness (QED) is 0.240. The number of hydrogen-bond acceptors (Lipinski definition) is 5. The number of methoxy groups -OCH3 is 1. The van der Waals surface area contributed by atoms with Gasteiger partial charge in [-0.05, 0) is 35.6 Å². The average molecular weight is 542 g/mol. The molecular weight excluding hydrogens is 505 g/mol. The van der Waals surface area contributed by atoms with Crippen LogP contribution in [0.1, 0.15) is 67.5 Å². The molecule has 3 rings (SSSR count). The number of unbranched alkanes of at least 4 members (excludes halogenated alkanes) is 1. The fourth-order valence-corrected chi connectivity index (χ4v) is 4.55. The maximum atomic E-state index is 15.4. The number of aromatic nitrogens is 2. The van der Waals surface area contributed by atoms with Gasteiger partial charge in [-0.3, -0.25) is 4.79 Å². The molecule has 38 heavy (non-hydrogen) atoms. The first-order chi connectivity index (χ1) is 18.2. The summed E-state index contributed by atoms with van der Waals surface area (Å²) in [5, 5.41) is 12.0. The lowest BCUT2D eigenvalue weighted by atomic mass is 9.98. The van der Waals surface area contributed by atoms with Crippen LogP contribution >= 0.6 is 12.6 Å². The first-order valence-electron chi connectivity index (χ1n) is 12.9. The predicted octanol–water partition coefficient (Wildman–Crippen LogP) is 5.75. The summed E-state index contributed by atoms with van der Waals surface area (Å²) in [5.41, 5.74) is 2.11. The molecule has 1 aromatic heterocycles. The third kappa shape index (κ3) is 6.75. The van der Waals surface area contributed by atoms with Gasteiger partial charge in [-0.2, -0.15) is 17.6 Å². The van der Waals surface area contributed by atoms with Crippen LogP contribution in [0.4, 0.5) is 4.39 Å². The van der Waals surface area contributed by atoms with Crippen LogP contribution in [0.3, 0.4) is 0 Å². The van der Waals surface area contributed by atoms with E-state index in [4.69, 9.17) is 4.74 Å². The van der Waals surface area contributed by atoms with Gasteiger partial charge in [0.05, 0.1) is 31.0 Å². The molecule has 2 N–H and O–H groups in total. The zero-order valence-corrected chi connectivity index (χ0v) is 23.2. The van der Waals surface area contributed by atoms with Gasteiger partial charge in [0.1, 0.15) is 17.3 Å². The standard InChI is InChI=1S/C29H36FN3O4S/c1-5-7-12-25-32-28(37-4)24(16-31-27(34)26(38)18(3)6-2)33(25)17-20-14-13-19(15-23(20)30)21-10-8-9-11-22(21)29(35)36/h8-11,13-15,18,26,38H,5-7,12,16-17H2,1-4H3,(H,31,34)(H,35,36)/t18-,26-/m0/s1. The van der Waals surface area contributed by atoms with E-state index < -0.39 is 17.0 Å². The number of aromatic carboxylic acids is 1. The lowest BCUT2D eigenvalue weighted by Gasteiger charge is -2.18. The summed E-state index contributed by atoms with van der Waals surface area (Å²) in [5.74, 6) is -0.456. The predicted molar refractivity (Wildman–Crippen MR) is 149 cm³/mol. The van der Waals surface area contributed by atoms with Crippen LogP contribution in [-0.4, -0.2) is 38.9 Å². The first kappa shape index (κ1) is 29.2. The molecule has 0 aliphatic heterocycles. The zero-order chi connectivity index (χ0) is 27.8. The molecule has 0 aliphatic rings. The summed E-state index contributed by atoms with van der Waals surface area (Å²) < 4.78 is 22.8. The Bertz CT molecular complexity index is 1280. The molecule has 2 aromatic carbocycles. The normalized spacial score (nSPS) is 12.7. The van der Waals surface area contributed by atoms with Crippen molar-refractivity contribution in [3.05, 3.63) is 70.9 Å². The van der Waals surface area contributed by atoms with Gasteiger partial charge >= 0.3 is 5.97 Å². The Kier molecular flexibility index (Phi) is 10.4. The van der Waals surface area contributed by atoms with Crippen molar-refractivity contribution in [3.8, 4) is 17.0 Å². The third-order valence-electron chi connectivity index (χ3n) is 6.79. The topological polar surface area (TPSA) is 93.5 Å². The lowest BCUT2D eigenvalue weighted by Crippen LogP contribution is -2.35. The number of halogens is 1. The van der Waals surface area contributed by atoms with Gasteiger partial charge in [0, 0.05) is 12.0 Å². The van der Waals surface area contributed by atoms with Crippen molar-refractivity contribution in [2.45, 2.75) is 64.8 Å². The number of carbonyl (C=O) groups excluding carboxylic acids is 1. The Morgan fingerprint density at radius 2 is 1.95 bits per heavy atom. The van der Waals surface area contributed by atoms with Crippen molar-refractivity contribution in [2.75, 3.05) is 7.11 Å². The fraction of sp³-hybridized carbons (Fsp3) is 0.414. The molecule has 0 fully saturated rings. The van der Waals surface area contributed by atoms with E-state index in [0.717, 1.165) is 25.1 Å². The van der Waals surface area contributed by atoms with E-state index in [2.05, 4.69) is 29.9 Å². The number of carboxylic acids is 1. The number of nitrogens with zero attached hydrogens (tertiary/aromatic N) is 2. The summed E-state index contributed by atoms with van der Waals surface area (Å²) >= 11 is 4.47. The Balaban J connectivity index is 1.95. The van der Waals surface area contributed by atoms with Crippen molar-refractivity contribution in [1.82, 2.24) is 14.9 Å². The minimum atomic E-state index is -1.07. The molecule has 0 saturated heterocycles. The van der Waals surface area contributed by atoms with Gasteiger partial charge in [-0.15, -0.1) is 0 Å². The number of hydrogen-bond donors (Lipinski definition) is 3. The highest BCUT2D eigenvalue weighted by atomic mass is 32.1. The summed E-state index contributed by atoms with van der Waals surface area (Å²) in [6.45, 7) is 6.43. The number of ether oxygens (including phenoxy) is 1. The van der Waals surface area contributed by atoms with Crippen LogP contribution in [0.25, 0.3) is 11.1 Å². The van der Waals surface area contributed by atoms with Gasteiger partial charge in [0.15, 0.2) is 0 Å². The molecule has 7 nitrogen and oxygen atoms in total. The van der Waals surface area contributed by atoms with E-state index in [1.807, 2.05) is 18.4 Å². The van der Waals surface area contributed by atoms with Crippen molar-refractivity contribution in [1.29, 1.82) is 0 Å². The summed E-state index contributed by atoms with van der Waals surface area (Å²) in [7, 11) is 1.53. The Morgan fingerprint density at radius 1 is 1.21 bits per heavy atom. The number of nitrogens with one attached hydrogen (secondary N) is 1. The van der Waals surface area contributed by atoms with E-state index in [9.17, 15) is 14.7 Å². The van der Waals surface area contributed by atoms with E-state index in [1.54, 1.807) is 30.3 Å². The number of carboxylic acid groups (broad SMARTS) is 1. The molecule has 0 spiro atoms. The molecule has 0 radical (unpaired) electrons. The fourth-order valence-electron chi connectivity index (χ4n) is 4.25. The Labute approximate surface area is 228 Å². The second kappa shape index (κ2) is 13.5. The summed E-state index contributed by atoms with van der Waals surface area (Å²) in [4.78, 5) is 29.0. The van der Waals surface area contributed by atoms with Crippen LogP contribution in [0.2, 0.25) is 0 Å².